The highest BCUT2D eigenvalue weighted by Crippen LogP contribution is 2.51. The van der Waals surface area contributed by atoms with Crippen molar-refractivity contribution >= 4 is 11.9 Å². The summed E-state index contributed by atoms with van der Waals surface area (Å²) < 4.78 is 4.94. The molecule has 0 aromatic rings. The Kier molecular flexibility index (Phi) is 6.20. The Morgan fingerprint density at radius 2 is 2.05 bits per heavy atom. The molecule has 0 unspecified atom stereocenters. The van der Waals surface area contributed by atoms with E-state index in [9.17, 15) is 9.59 Å². The molecule has 0 bridgehead atoms. The SMILES string of the molecule is CCOC(=O)/C(=C/CCCCO)NC(=O)[C@H]1CC1(C)C. The number of unbranched alkanes of at least 4 members (excludes halogenated alkanes) is 2. The standard InChI is InChI=1S/C15H25NO4/c1-4-20-14(19)12(8-6-5-7-9-17)16-13(18)11-10-15(11,2)3/h8,11,17H,4-7,9-10H2,1-3H3,(H,16,18)/b12-8-/t11-/m1/s1. The van der Waals surface area contributed by atoms with Gasteiger partial charge in [-0.05, 0) is 38.0 Å². The van der Waals surface area contributed by atoms with Crippen molar-refractivity contribution in [2.45, 2.75) is 46.5 Å². The second-order valence-corrected chi connectivity index (χ2v) is 5.79. The zero-order valence-electron chi connectivity index (χ0n) is 12.6. The van der Waals surface area contributed by atoms with Crippen LogP contribution in [0, 0.1) is 11.3 Å². The van der Waals surface area contributed by atoms with Gasteiger partial charge in [0, 0.05) is 12.5 Å². The number of carbonyl (C=O) groups is 2. The fourth-order valence-electron chi connectivity index (χ4n) is 2.03. The average Bonchev–Trinajstić information content (AvgIpc) is 3.02. The van der Waals surface area contributed by atoms with Crippen molar-refractivity contribution in [3.05, 3.63) is 11.8 Å². The molecule has 1 saturated carbocycles. The third-order valence-electron chi connectivity index (χ3n) is 3.54. The first kappa shape index (κ1) is 16.7. The van der Waals surface area contributed by atoms with Crippen molar-refractivity contribution in [1.29, 1.82) is 0 Å². The molecule has 2 N–H and O–H groups in total. The maximum Gasteiger partial charge on any atom is 0.354 e. The number of amides is 1. The second kappa shape index (κ2) is 7.43. The van der Waals surface area contributed by atoms with Crippen LogP contribution in [0.2, 0.25) is 0 Å². The van der Waals surface area contributed by atoms with Crippen LogP contribution in [0.25, 0.3) is 0 Å². The average molecular weight is 283 g/mol. The van der Waals surface area contributed by atoms with Crippen LogP contribution >= 0.6 is 0 Å². The summed E-state index contributed by atoms with van der Waals surface area (Å²) in [6.45, 7) is 6.20. The summed E-state index contributed by atoms with van der Waals surface area (Å²) in [4.78, 5) is 23.8. The minimum absolute atomic E-state index is 0.0285. The van der Waals surface area contributed by atoms with Crippen LogP contribution < -0.4 is 5.32 Å². The summed E-state index contributed by atoms with van der Waals surface area (Å²) in [5, 5.41) is 11.4. The van der Waals surface area contributed by atoms with Gasteiger partial charge in [0.15, 0.2) is 0 Å². The first-order valence-electron chi connectivity index (χ1n) is 7.21. The number of allylic oxidation sites excluding steroid dienone is 1. The first-order valence-corrected chi connectivity index (χ1v) is 7.21. The number of ether oxygens (including phenoxy) is 1. The molecule has 0 radical (unpaired) electrons. The molecule has 0 aromatic heterocycles. The smallest absolute Gasteiger partial charge is 0.354 e. The molecule has 0 heterocycles. The van der Waals surface area contributed by atoms with Gasteiger partial charge in [-0.3, -0.25) is 4.79 Å². The Morgan fingerprint density at radius 3 is 2.55 bits per heavy atom. The van der Waals surface area contributed by atoms with E-state index in [1.165, 1.54) is 0 Å². The van der Waals surface area contributed by atoms with E-state index in [1.807, 2.05) is 13.8 Å². The molecule has 0 saturated heterocycles. The third kappa shape index (κ3) is 4.96. The highest BCUT2D eigenvalue weighted by molar-refractivity contribution is 5.95. The maximum atomic E-state index is 12.0. The molecule has 5 nitrogen and oxygen atoms in total. The molecule has 1 rings (SSSR count). The number of carbonyl (C=O) groups excluding carboxylic acids is 2. The predicted molar refractivity (Wildman–Crippen MR) is 75.7 cm³/mol. The van der Waals surface area contributed by atoms with E-state index >= 15 is 0 Å². The van der Waals surface area contributed by atoms with Crippen LogP contribution in [-0.2, 0) is 14.3 Å². The van der Waals surface area contributed by atoms with Gasteiger partial charge >= 0.3 is 5.97 Å². The highest BCUT2D eigenvalue weighted by atomic mass is 16.5. The van der Waals surface area contributed by atoms with E-state index in [4.69, 9.17) is 9.84 Å². The Bertz CT molecular complexity index is 387. The monoisotopic (exact) mass is 283 g/mol. The quantitative estimate of drug-likeness (QED) is 0.404. The molecule has 0 spiro atoms. The fraction of sp³-hybridized carbons (Fsp3) is 0.733. The number of aliphatic hydroxyl groups is 1. The lowest BCUT2D eigenvalue weighted by Gasteiger charge is -2.10. The zero-order chi connectivity index (χ0) is 15.2. The van der Waals surface area contributed by atoms with E-state index < -0.39 is 5.97 Å². The predicted octanol–water partition coefficient (Wildman–Crippen LogP) is 1.76. The summed E-state index contributed by atoms with van der Waals surface area (Å²) >= 11 is 0. The minimum Gasteiger partial charge on any atom is -0.461 e. The lowest BCUT2D eigenvalue weighted by Crippen LogP contribution is -2.30. The molecule has 1 aliphatic rings. The number of esters is 1. The highest BCUT2D eigenvalue weighted by Gasteiger charge is 2.50. The summed E-state index contributed by atoms with van der Waals surface area (Å²) in [5.74, 6) is -0.641. The van der Waals surface area contributed by atoms with Crippen molar-refractivity contribution in [3.63, 3.8) is 0 Å². The van der Waals surface area contributed by atoms with Gasteiger partial charge < -0.3 is 15.2 Å². The second-order valence-electron chi connectivity index (χ2n) is 5.79. The number of hydrogen-bond donors (Lipinski definition) is 2. The molecule has 5 heteroatoms. The van der Waals surface area contributed by atoms with E-state index in [1.54, 1.807) is 13.0 Å². The van der Waals surface area contributed by atoms with Crippen LogP contribution in [0.5, 0.6) is 0 Å². The van der Waals surface area contributed by atoms with E-state index in [0.29, 0.717) is 12.8 Å². The first-order chi connectivity index (χ1) is 9.42. The van der Waals surface area contributed by atoms with Crippen molar-refractivity contribution in [3.8, 4) is 0 Å². The molecular formula is C15H25NO4. The number of rotatable bonds is 8. The number of aliphatic hydroxyl groups excluding tert-OH is 1. The van der Waals surface area contributed by atoms with Gasteiger partial charge in [0.05, 0.1) is 6.61 Å². The molecule has 0 aliphatic heterocycles. The van der Waals surface area contributed by atoms with Crippen LogP contribution in [0.15, 0.2) is 11.8 Å². The lowest BCUT2D eigenvalue weighted by atomic mass is 10.1. The Morgan fingerprint density at radius 1 is 1.40 bits per heavy atom. The van der Waals surface area contributed by atoms with Crippen LogP contribution in [-0.4, -0.2) is 30.2 Å². The topological polar surface area (TPSA) is 75.6 Å². The Hall–Kier alpha value is -1.36. The van der Waals surface area contributed by atoms with E-state index in [2.05, 4.69) is 5.32 Å². The summed E-state index contributed by atoms with van der Waals surface area (Å²) in [5.41, 5.74) is 0.248. The van der Waals surface area contributed by atoms with Gasteiger partial charge in [0.2, 0.25) is 5.91 Å². The normalized spacial score (nSPS) is 20.4. The van der Waals surface area contributed by atoms with E-state index in [0.717, 1.165) is 12.8 Å². The number of nitrogens with one attached hydrogen (secondary N) is 1. The maximum absolute atomic E-state index is 12.0. The van der Waals surface area contributed by atoms with Crippen LogP contribution in [0.4, 0.5) is 0 Å². The number of hydrogen-bond acceptors (Lipinski definition) is 4. The summed E-state index contributed by atoms with van der Waals surface area (Å²) in [6, 6.07) is 0. The van der Waals surface area contributed by atoms with Gasteiger partial charge in [-0.2, -0.15) is 0 Å². The lowest BCUT2D eigenvalue weighted by molar-refractivity contribution is -0.140. The van der Waals surface area contributed by atoms with Crippen molar-refractivity contribution in [2.24, 2.45) is 11.3 Å². The van der Waals surface area contributed by atoms with Gasteiger partial charge in [0.1, 0.15) is 5.70 Å². The van der Waals surface area contributed by atoms with Gasteiger partial charge in [-0.15, -0.1) is 0 Å². The molecule has 1 amide bonds. The summed E-state index contributed by atoms with van der Waals surface area (Å²) in [6.07, 6.45) is 4.60. The largest absolute Gasteiger partial charge is 0.461 e. The molecule has 1 fully saturated rings. The van der Waals surface area contributed by atoms with Gasteiger partial charge in [-0.25, -0.2) is 4.79 Å². The van der Waals surface area contributed by atoms with Crippen molar-refractivity contribution in [2.75, 3.05) is 13.2 Å². The fourth-order valence-corrected chi connectivity index (χ4v) is 2.03. The molecule has 20 heavy (non-hydrogen) atoms. The van der Waals surface area contributed by atoms with Crippen LogP contribution in [0.1, 0.15) is 46.5 Å². The van der Waals surface area contributed by atoms with E-state index in [-0.39, 0.29) is 36.2 Å². The molecular weight excluding hydrogens is 258 g/mol. The van der Waals surface area contributed by atoms with Gasteiger partial charge in [0.25, 0.3) is 0 Å². The van der Waals surface area contributed by atoms with Crippen molar-refractivity contribution < 1.29 is 19.4 Å². The van der Waals surface area contributed by atoms with Gasteiger partial charge in [-0.1, -0.05) is 19.9 Å². The third-order valence-corrected chi connectivity index (χ3v) is 3.54. The molecule has 0 aromatic carbocycles. The minimum atomic E-state index is -0.497. The molecule has 114 valence electrons. The van der Waals surface area contributed by atoms with Crippen LogP contribution in [0.3, 0.4) is 0 Å². The zero-order valence-corrected chi connectivity index (χ0v) is 12.6. The summed E-state index contributed by atoms with van der Waals surface area (Å²) in [7, 11) is 0. The Balaban J connectivity index is 2.58. The Labute approximate surface area is 120 Å². The van der Waals surface area contributed by atoms with Crippen molar-refractivity contribution in [1.82, 2.24) is 5.32 Å². The molecule has 1 atom stereocenters. The molecule has 1 aliphatic carbocycles.